The Labute approximate surface area is 186 Å². The SMILES string of the molecule is C=CCN1C[C@@H](C)N(C(c2ccc(C(=O)NC(C)C)cc2)c2cccc(O)c2)C[C@@H]1C. The topological polar surface area (TPSA) is 55.8 Å². The molecule has 1 unspecified atom stereocenters. The van der Waals surface area contributed by atoms with Gasteiger partial charge in [0.05, 0.1) is 6.04 Å². The van der Waals surface area contributed by atoms with E-state index in [1.54, 1.807) is 6.07 Å². The monoisotopic (exact) mass is 421 g/mol. The van der Waals surface area contributed by atoms with Gasteiger partial charge in [-0.05, 0) is 63.1 Å². The molecule has 5 nitrogen and oxygen atoms in total. The van der Waals surface area contributed by atoms with Crippen LogP contribution in [0.1, 0.15) is 55.2 Å². The number of nitrogens with one attached hydrogen (secondary N) is 1. The second-order valence-corrected chi connectivity index (χ2v) is 8.89. The minimum atomic E-state index is -0.0597. The van der Waals surface area contributed by atoms with Crippen molar-refractivity contribution in [3.8, 4) is 5.75 Å². The van der Waals surface area contributed by atoms with E-state index in [1.165, 1.54) is 0 Å². The molecule has 0 spiro atoms. The molecular weight excluding hydrogens is 386 g/mol. The molecule has 1 fully saturated rings. The summed E-state index contributed by atoms with van der Waals surface area (Å²) in [5.41, 5.74) is 2.82. The van der Waals surface area contributed by atoms with Gasteiger partial charge in [0.1, 0.15) is 5.75 Å². The summed E-state index contributed by atoms with van der Waals surface area (Å²) >= 11 is 0. The average Bonchev–Trinajstić information content (AvgIpc) is 2.72. The van der Waals surface area contributed by atoms with Gasteiger partial charge >= 0.3 is 0 Å². The Bertz CT molecular complexity index is 894. The number of carbonyl (C=O) groups excluding carboxylic acids is 1. The number of nitrogens with zero attached hydrogens (tertiary/aromatic N) is 2. The van der Waals surface area contributed by atoms with Crippen LogP contribution in [0.25, 0.3) is 0 Å². The van der Waals surface area contributed by atoms with Gasteiger partial charge in [-0.3, -0.25) is 14.6 Å². The maximum absolute atomic E-state index is 12.4. The second-order valence-electron chi connectivity index (χ2n) is 8.89. The molecule has 1 heterocycles. The first-order chi connectivity index (χ1) is 14.8. The van der Waals surface area contributed by atoms with E-state index in [4.69, 9.17) is 0 Å². The van der Waals surface area contributed by atoms with Crippen molar-refractivity contribution in [1.82, 2.24) is 15.1 Å². The lowest BCUT2D eigenvalue weighted by Crippen LogP contribution is -2.57. The third-order valence-electron chi connectivity index (χ3n) is 5.95. The van der Waals surface area contributed by atoms with Crippen LogP contribution in [0.15, 0.2) is 61.2 Å². The molecule has 1 aliphatic rings. The molecule has 0 bridgehead atoms. The highest BCUT2D eigenvalue weighted by Gasteiger charge is 2.34. The highest BCUT2D eigenvalue weighted by molar-refractivity contribution is 5.94. The lowest BCUT2D eigenvalue weighted by atomic mass is 9.92. The first-order valence-corrected chi connectivity index (χ1v) is 11.1. The summed E-state index contributed by atoms with van der Waals surface area (Å²) in [6.07, 6.45) is 1.96. The molecule has 3 rings (SSSR count). The van der Waals surface area contributed by atoms with E-state index in [0.29, 0.717) is 17.6 Å². The first kappa shape index (κ1) is 23.0. The Morgan fingerprint density at radius 2 is 1.84 bits per heavy atom. The Hall–Kier alpha value is -2.63. The summed E-state index contributed by atoms with van der Waals surface area (Å²) in [6.45, 7) is 15.1. The predicted molar refractivity (Wildman–Crippen MR) is 126 cm³/mol. The van der Waals surface area contributed by atoms with Crippen LogP contribution in [0.5, 0.6) is 5.75 Å². The fourth-order valence-electron chi connectivity index (χ4n) is 4.44. The lowest BCUT2D eigenvalue weighted by molar-refractivity contribution is 0.0306. The zero-order valence-electron chi connectivity index (χ0n) is 19.1. The number of amides is 1. The maximum Gasteiger partial charge on any atom is 0.251 e. The number of benzene rings is 2. The molecule has 2 aromatic carbocycles. The van der Waals surface area contributed by atoms with Crippen LogP contribution in [-0.4, -0.2) is 58.6 Å². The van der Waals surface area contributed by atoms with E-state index in [9.17, 15) is 9.90 Å². The summed E-state index contributed by atoms with van der Waals surface area (Å²) in [5, 5.41) is 13.1. The molecule has 0 saturated carbocycles. The van der Waals surface area contributed by atoms with Crippen molar-refractivity contribution in [2.45, 2.75) is 51.9 Å². The Morgan fingerprint density at radius 3 is 2.45 bits per heavy atom. The zero-order chi connectivity index (χ0) is 22.5. The van der Waals surface area contributed by atoms with Crippen LogP contribution < -0.4 is 5.32 Å². The van der Waals surface area contributed by atoms with Crippen molar-refractivity contribution in [3.05, 3.63) is 77.9 Å². The lowest BCUT2D eigenvalue weighted by Gasteiger charge is -2.47. The van der Waals surface area contributed by atoms with E-state index < -0.39 is 0 Å². The van der Waals surface area contributed by atoms with Crippen LogP contribution in [0.2, 0.25) is 0 Å². The van der Waals surface area contributed by atoms with Gasteiger partial charge in [0, 0.05) is 43.3 Å². The summed E-state index contributed by atoms with van der Waals surface area (Å²) < 4.78 is 0. The number of rotatable bonds is 7. The normalized spacial score (nSPS) is 21.1. The first-order valence-electron chi connectivity index (χ1n) is 11.1. The molecule has 31 heavy (non-hydrogen) atoms. The van der Waals surface area contributed by atoms with Crippen LogP contribution in [0.4, 0.5) is 0 Å². The molecule has 1 amide bonds. The number of hydrogen-bond acceptors (Lipinski definition) is 4. The fourth-order valence-corrected chi connectivity index (χ4v) is 4.44. The molecule has 2 N–H and O–H groups in total. The van der Waals surface area contributed by atoms with E-state index >= 15 is 0 Å². The molecule has 1 saturated heterocycles. The van der Waals surface area contributed by atoms with Crippen molar-refractivity contribution < 1.29 is 9.90 Å². The molecule has 0 aromatic heterocycles. The van der Waals surface area contributed by atoms with Crippen molar-refractivity contribution in [1.29, 1.82) is 0 Å². The molecule has 0 aliphatic carbocycles. The van der Waals surface area contributed by atoms with Gasteiger partial charge < -0.3 is 10.4 Å². The van der Waals surface area contributed by atoms with Crippen LogP contribution in [-0.2, 0) is 0 Å². The predicted octanol–water partition coefficient (Wildman–Crippen LogP) is 4.20. The summed E-state index contributed by atoms with van der Waals surface area (Å²) in [6, 6.07) is 16.2. The van der Waals surface area contributed by atoms with E-state index in [2.05, 4.69) is 41.6 Å². The molecule has 166 valence electrons. The number of piperazine rings is 1. The summed E-state index contributed by atoms with van der Waals surface area (Å²) in [4.78, 5) is 17.3. The Morgan fingerprint density at radius 1 is 1.13 bits per heavy atom. The molecular formula is C26H35N3O2. The van der Waals surface area contributed by atoms with E-state index in [-0.39, 0.29) is 23.7 Å². The van der Waals surface area contributed by atoms with Gasteiger partial charge in [-0.25, -0.2) is 0 Å². The average molecular weight is 422 g/mol. The van der Waals surface area contributed by atoms with Crippen LogP contribution >= 0.6 is 0 Å². The molecule has 3 atom stereocenters. The fraction of sp³-hybridized carbons (Fsp3) is 0.423. The highest BCUT2D eigenvalue weighted by Crippen LogP contribution is 2.34. The summed E-state index contributed by atoms with van der Waals surface area (Å²) in [5.74, 6) is 0.205. The third-order valence-corrected chi connectivity index (χ3v) is 5.95. The van der Waals surface area contributed by atoms with Crippen molar-refractivity contribution in [3.63, 3.8) is 0 Å². The Balaban J connectivity index is 1.94. The van der Waals surface area contributed by atoms with Crippen molar-refractivity contribution in [2.75, 3.05) is 19.6 Å². The summed E-state index contributed by atoms with van der Waals surface area (Å²) in [7, 11) is 0. The third kappa shape index (κ3) is 5.54. The largest absolute Gasteiger partial charge is 0.508 e. The maximum atomic E-state index is 12.4. The van der Waals surface area contributed by atoms with Gasteiger partial charge in [0.15, 0.2) is 0 Å². The molecule has 2 aromatic rings. The van der Waals surface area contributed by atoms with Crippen LogP contribution in [0.3, 0.4) is 0 Å². The standard InChI is InChI=1S/C26H35N3O2/c1-6-14-28-16-20(5)29(17-19(28)4)25(23-8-7-9-24(30)15-23)21-10-12-22(13-11-21)26(31)27-18(2)3/h6-13,15,18-20,25,30H,1,14,16-17H2,2-5H3,(H,27,31)/t19-,20+,25?/m0/s1. The van der Waals surface area contributed by atoms with Gasteiger partial charge in [-0.2, -0.15) is 0 Å². The minimum absolute atomic E-state index is 0.00218. The van der Waals surface area contributed by atoms with Gasteiger partial charge in [-0.1, -0.05) is 30.3 Å². The highest BCUT2D eigenvalue weighted by atomic mass is 16.3. The van der Waals surface area contributed by atoms with E-state index in [1.807, 2.05) is 56.3 Å². The second kappa shape index (κ2) is 10.1. The Kier molecular flexibility index (Phi) is 7.52. The number of phenols is 1. The van der Waals surface area contributed by atoms with Gasteiger partial charge in [-0.15, -0.1) is 6.58 Å². The van der Waals surface area contributed by atoms with Crippen molar-refractivity contribution in [2.24, 2.45) is 0 Å². The molecule has 0 radical (unpaired) electrons. The minimum Gasteiger partial charge on any atom is -0.508 e. The quantitative estimate of drug-likeness (QED) is 0.658. The number of aromatic hydroxyl groups is 1. The molecule has 5 heteroatoms. The van der Waals surface area contributed by atoms with Gasteiger partial charge in [0.25, 0.3) is 5.91 Å². The smallest absolute Gasteiger partial charge is 0.251 e. The number of hydrogen-bond donors (Lipinski definition) is 2. The zero-order valence-corrected chi connectivity index (χ0v) is 19.1. The van der Waals surface area contributed by atoms with Crippen molar-refractivity contribution >= 4 is 5.91 Å². The molecule has 1 aliphatic heterocycles. The van der Waals surface area contributed by atoms with E-state index in [0.717, 1.165) is 30.8 Å². The number of phenolic OH excluding ortho intramolecular Hbond substituents is 1. The number of carbonyl (C=O) groups is 1. The van der Waals surface area contributed by atoms with Gasteiger partial charge in [0.2, 0.25) is 0 Å². The van der Waals surface area contributed by atoms with Crippen LogP contribution in [0, 0.1) is 0 Å².